The molecule has 9 heteroatoms. The lowest BCUT2D eigenvalue weighted by Crippen LogP contribution is -2.45. The summed E-state index contributed by atoms with van der Waals surface area (Å²) >= 11 is 5.28. The molecule has 30 heavy (non-hydrogen) atoms. The zero-order valence-electron chi connectivity index (χ0n) is 16.8. The van der Waals surface area contributed by atoms with Crippen molar-refractivity contribution in [3.8, 4) is 0 Å². The fourth-order valence-corrected chi connectivity index (χ4v) is 3.37. The number of halogens is 1. The number of benzene rings is 2. The molecule has 0 unspecified atom stereocenters. The first kappa shape index (κ1) is 21.7. The standard InChI is InChI=1S/C21H23FN4O3S/c1-25-8-10-26(11-9-25)18-7-6-15(20(28)29-2)13-17(18)23-21(30)24-19(27)14-4-3-5-16(22)12-14/h3-7,12-13H,8-11H2,1-2H3,(H2,23,24,27,30). The second-order valence-electron chi connectivity index (χ2n) is 6.93. The molecular weight excluding hydrogens is 407 g/mol. The van der Waals surface area contributed by atoms with Gasteiger partial charge in [-0.2, -0.15) is 0 Å². The number of thiocarbonyl (C=S) groups is 1. The van der Waals surface area contributed by atoms with Crippen LogP contribution in [0.25, 0.3) is 0 Å². The molecule has 158 valence electrons. The number of piperazine rings is 1. The van der Waals surface area contributed by atoms with Crippen molar-refractivity contribution in [1.29, 1.82) is 0 Å². The van der Waals surface area contributed by atoms with Crippen LogP contribution in [0.2, 0.25) is 0 Å². The largest absolute Gasteiger partial charge is 0.465 e. The average molecular weight is 431 g/mol. The maximum absolute atomic E-state index is 13.4. The number of carbonyl (C=O) groups is 2. The number of anilines is 2. The Hall–Kier alpha value is -3.04. The van der Waals surface area contributed by atoms with Crippen LogP contribution in [0.3, 0.4) is 0 Å². The van der Waals surface area contributed by atoms with Gasteiger partial charge in [-0.1, -0.05) is 6.07 Å². The highest BCUT2D eigenvalue weighted by molar-refractivity contribution is 7.80. The van der Waals surface area contributed by atoms with Gasteiger partial charge in [0.25, 0.3) is 5.91 Å². The van der Waals surface area contributed by atoms with Crippen molar-refractivity contribution in [2.75, 3.05) is 50.6 Å². The maximum Gasteiger partial charge on any atom is 0.337 e. The van der Waals surface area contributed by atoms with Gasteiger partial charge in [-0.3, -0.25) is 10.1 Å². The van der Waals surface area contributed by atoms with E-state index >= 15 is 0 Å². The Morgan fingerprint density at radius 2 is 1.80 bits per heavy atom. The van der Waals surface area contributed by atoms with Gasteiger partial charge in [0.05, 0.1) is 24.0 Å². The van der Waals surface area contributed by atoms with Gasteiger partial charge in [-0.25, -0.2) is 9.18 Å². The highest BCUT2D eigenvalue weighted by atomic mass is 32.1. The number of rotatable bonds is 4. The first-order chi connectivity index (χ1) is 14.4. The quantitative estimate of drug-likeness (QED) is 0.570. The van der Waals surface area contributed by atoms with Crippen molar-refractivity contribution in [3.63, 3.8) is 0 Å². The van der Waals surface area contributed by atoms with Crippen LogP contribution < -0.4 is 15.5 Å². The number of nitrogens with zero attached hydrogens (tertiary/aromatic N) is 2. The fraction of sp³-hybridized carbons (Fsp3) is 0.286. The number of amides is 1. The Labute approximate surface area is 179 Å². The van der Waals surface area contributed by atoms with Crippen LogP contribution in [0, 0.1) is 5.82 Å². The minimum absolute atomic E-state index is 0.0432. The molecule has 0 atom stereocenters. The highest BCUT2D eigenvalue weighted by Gasteiger charge is 2.20. The first-order valence-corrected chi connectivity index (χ1v) is 9.82. The van der Waals surface area contributed by atoms with Gasteiger partial charge in [0.1, 0.15) is 5.82 Å². The number of likely N-dealkylation sites (N-methyl/N-ethyl adjacent to an activating group) is 1. The van der Waals surface area contributed by atoms with E-state index in [1.807, 2.05) is 6.07 Å². The molecule has 0 bridgehead atoms. The van der Waals surface area contributed by atoms with Crippen molar-refractivity contribution in [3.05, 3.63) is 59.4 Å². The van der Waals surface area contributed by atoms with Gasteiger partial charge in [-0.05, 0) is 55.7 Å². The summed E-state index contributed by atoms with van der Waals surface area (Å²) in [7, 11) is 3.38. The summed E-state index contributed by atoms with van der Waals surface area (Å²) in [6.07, 6.45) is 0. The molecule has 3 rings (SSSR count). The summed E-state index contributed by atoms with van der Waals surface area (Å²) in [5, 5.41) is 5.58. The van der Waals surface area contributed by atoms with E-state index in [-0.39, 0.29) is 10.7 Å². The van der Waals surface area contributed by atoms with Crippen LogP contribution >= 0.6 is 12.2 Å². The molecule has 2 aromatic carbocycles. The van der Waals surface area contributed by atoms with Crippen molar-refractivity contribution < 1.29 is 18.7 Å². The zero-order chi connectivity index (χ0) is 21.7. The van der Waals surface area contributed by atoms with Gasteiger partial charge in [0.15, 0.2) is 5.11 Å². The second kappa shape index (κ2) is 9.64. The van der Waals surface area contributed by atoms with Gasteiger partial charge in [0.2, 0.25) is 0 Å². The van der Waals surface area contributed by atoms with Gasteiger partial charge >= 0.3 is 5.97 Å². The number of ether oxygens (including phenoxy) is 1. The molecule has 0 saturated carbocycles. The Bertz CT molecular complexity index is 961. The number of hydrogen-bond donors (Lipinski definition) is 2. The first-order valence-electron chi connectivity index (χ1n) is 9.41. The number of methoxy groups -OCH3 is 1. The van der Waals surface area contributed by atoms with Crippen molar-refractivity contribution >= 4 is 40.6 Å². The molecule has 1 fully saturated rings. The summed E-state index contributed by atoms with van der Waals surface area (Å²) in [4.78, 5) is 28.7. The molecule has 1 aliphatic rings. The molecule has 0 spiro atoms. The normalized spacial score (nSPS) is 14.2. The molecule has 0 radical (unpaired) electrons. The molecule has 0 aromatic heterocycles. The maximum atomic E-state index is 13.4. The lowest BCUT2D eigenvalue weighted by atomic mass is 10.1. The van der Waals surface area contributed by atoms with Gasteiger partial charge in [-0.15, -0.1) is 0 Å². The van der Waals surface area contributed by atoms with Crippen LogP contribution in [0.5, 0.6) is 0 Å². The van der Waals surface area contributed by atoms with E-state index in [0.29, 0.717) is 11.3 Å². The number of hydrogen-bond acceptors (Lipinski definition) is 6. The predicted octanol–water partition coefficient (Wildman–Crippen LogP) is 2.49. The summed E-state index contributed by atoms with van der Waals surface area (Å²) in [5.74, 6) is -1.51. The third kappa shape index (κ3) is 5.31. The molecule has 2 N–H and O–H groups in total. The monoisotopic (exact) mass is 430 g/mol. The third-order valence-electron chi connectivity index (χ3n) is 4.82. The number of carbonyl (C=O) groups excluding carboxylic acids is 2. The predicted molar refractivity (Wildman–Crippen MR) is 118 cm³/mol. The summed E-state index contributed by atoms with van der Waals surface area (Å²) in [6.45, 7) is 3.42. The topological polar surface area (TPSA) is 73.9 Å². The summed E-state index contributed by atoms with van der Waals surface area (Å²) < 4.78 is 18.2. The molecule has 1 heterocycles. The van der Waals surface area contributed by atoms with E-state index in [9.17, 15) is 14.0 Å². The Morgan fingerprint density at radius 1 is 1.07 bits per heavy atom. The van der Waals surface area contributed by atoms with E-state index in [2.05, 4.69) is 27.5 Å². The average Bonchev–Trinajstić information content (AvgIpc) is 2.73. The van der Waals surface area contributed by atoms with E-state index in [0.717, 1.165) is 37.9 Å². The molecule has 1 aliphatic heterocycles. The number of esters is 1. The van der Waals surface area contributed by atoms with Crippen LogP contribution in [-0.4, -0.2) is 62.2 Å². The van der Waals surface area contributed by atoms with E-state index in [4.69, 9.17) is 17.0 Å². The van der Waals surface area contributed by atoms with Crippen LogP contribution in [0.4, 0.5) is 15.8 Å². The molecule has 7 nitrogen and oxygen atoms in total. The van der Waals surface area contributed by atoms with Crippen molar-refractivity contribution in [2.24, 2.45) is 0 Å². The van der Waals surface area contributed by atoms with E-state index in [1.54, 1.807) is 12.1 Å². The Kier molecular flexibility index (Phi) is 6.96. The SMILES string of the molecule is COC(=O)c1ccc(N2CCN(C)CC2)c(NC(=S)NC(=O)c2cccc(F)c2)c1. The summed E-state index contributed by atoms with van der Waals surface area (Å²) in [5.41, 5.74) is 1.95. The molecule has 0 aliphatic carbocycles. The highest BCUT2D eigenvalue weighted by Crippen LogP contribution is 2.28. The molecular formula is C21H23FN4O3S. The fourth-order valence-electron chi connectivity index (χ4n) is 3.16. The summed E-state index contributed by atoms with van der Waals surface area (Å²) in [6, 6.07) is 10.5. The van der Waals surface area contributed by atoms with Crippen molar-refractivity contribution in [1.82, 2.24) is 10.2 Å². The van der Waals surface area contributed by atoms with Crippen LogP contribution in [0.15, 0.2) is 42.5 Å². The Morgan fingerprint density at radius 3 is 2.47 bits per heavy atom. The van der Waals surface area contributed by atoms with E-state index < -0.39 is 17.7 Å². The lowest BCUT2D eigenvalue weighted by Gasteiger charge is -2.35. The van der Waals surface area contributed by atoms with Crippen LogP contribution in [-0.2, 0) is 4.74 Å². The Balaban J connectivity index is 1.80. The minimum atomic E-state index is -0.530. The molecule has 2 aromatic rings. The molecule has 1 amide bonds. The van der Waals surface area contributed by atoms with Crippen molar-refractivity contribution in [2.45, 2.75) is 0 Å². The smallest absolute Gasteiger partial charge is 0.337 e. The van der Waals surface area contributed by atoms with Gasteiger partial charge < -0.3 is 19.9 Å². The lowest BCUT2D eigenvalue weighted by molar-refractivity contribution is 0.0600. The third-order valence-corrected chi connectivity index (χ3v) is 5.03. The molecule has 1 saturated heterocycles. The van der Waals surface area contributed by atoms with Gasteiger partial charge in [0, 0.05) is 31.7 Å². The van der Waals surface area contributed by atoms with E-state index in [1.165, 1.54) is 25.3 Å². The number of nitrogens with one attached hydrogen (secondary N) is 2. The minimum Gasteiger partial charge on any atom is -0.465 e. The zero-order valence-corrected chi connectivity index (χ0v) is 17.6. The second-order valence-corrected chi connectivity index (χ2v) is 7.34. The van der Waals surface area contributed by atoms with Crippen LogP contribution in [0.1, 0.15) is 20.7 Å².